The van der Waals surface area contributed by atoms with Crippen molar-refractivity contribution in [3.05, 3.63) is 35.9 Å². The highest BCUT2D eigenvalue weighted by Gasteiger charge is 2.52. The van der Waals surface area contributed by atoms with Gasteiger partial charge in [0.1, 0.15) is 5.60 Å². The van der Waals surface area contributed by atoms with Gasteiger partial charge >= 0.3 is 0 Å². The second-order valence-corrected chi connectivity index (χ2v) is 5.32. The number of fused-ring (bicyclic) bond motifs is 2. The Morgan fingerprint density at radius 2 is 1.81 bits per heavy atom. The van der Waals surface area contributed by atoms with Crippen molar-refractivity contribution in [1.29, 1.82) is 0 Å². The molecule has 4 unspecified atom stereocenters. The SMILES string of the molecule is OC1CC2CCC(C2)C1(O)c1ccccc1. The van der Waals surface area contributed by atoms with Crippen LogP contribution in [0.4, 0.5) is 0 Å². The minimum atomic E-state index is -1.01. The van der Waals surface area contributed by atoms with Crippen LogP contribution in [0.2, 0.25) is 0 Å². The summed E-state index contributed by atoms with van der Waals surface area (Å²) in [5.74, 6) is 0.868. The van der Waals surface area contributed by atoms with Crippen molar-refractivity contribution < 1.29 is 10.2 Å². The lowest BCUT2D eigenvalue weighted by Crippen LogP contribution is -2.48. The molecule has 2 nitrogen and oxygen atoms in total. The van der Waals surface area contributed by atoms with E-state index in [1.807, 2.05) is 30.3 Å². The summed E-state index contributed by atoms with van der Waals surface area (Å²) < 4.78 is 0. The molecule has 4 atom stereocenters. The maximum atomic E-state index is 10.8. The van der Waals surface area contributed by atoms with E-state index in [-0.39, 0.29) is 5.92 Å². The fraction of sp³-hybridized carbons (Fsp3) is 0.571. The second kappa shape index (κ2) is 3.57. The van der Waals surface area contributed by atoms with Gasteiger partial charge in [0, 0.05) is 0 Å². The van der Waals surface area contributed by atoms with Gasteiger partial charge in [-0.3, -0.25) is 0 Å². The minimum Gasteiger partial charge on any atom is -0.390 e. The van der Waals surface area contributed by atoms with Gasteiger partial charge in [-0.25, -0.2) is 0 Å². The number of rotatable bonds is 1. The van der Waals surface area contributed by atoms with E-state index in [0.717, 1.165) is 31.2 Å². The van der Waals surface area contributed by atoms with Crippen molar-refractivity contribution in [2.45, 2.75) is 37.4 Å². The Bertz CT molecular complexity index is 376. The van der Waals surface area contributed by atoms with Crippen molar-refractivity contribution >= 4 is 0 Å². The molecule has 0 radical (unpaired) electrons. The summed E-state index contributed by atoms with van der Waals surface area (Å²) in [5, 5.41) is 21.1. The van der Waals surface area contributed by atoms with Crippen molar-refractivity contribution in [1.82, 2.24) is 0 Å². The maximum absolute atomic E-state index is 10.8. The number of hydrogen-bond donors (Lipinski definition) is 2. The van der Waals surface area contributed by atoms with Crippen molar-refractivity contribution in [2.24, 2.45) is 11.8 Å². The molecule has 0 aromatic heterocycles. The van der Waals surface area contributed by atoms with Crippen molar-refractivity contribution in [3.8, 4) is 0 Å². The van der Waals surface area contributed by atoms with Crippen LogP contribution in [0.25, 0.3) is 0 Å². The predicted molar refractivity (Wildman–Crippen MR) is 61.8 cm³/mol. The summed E-state index contributed by atoms with van der Waals surface area (Å²) in [4.78, 5) is 0. The van der Waals surface area contributed by atoms with Gasteiger partial charge in [-0.05, 0) is 43.1 Å². The Labute approximate surface area is 95.9 Å². The van der Waals surface area contributed by atoms with Gasteiger partial charge in [-0.1, -0.05) is 30.3 Å². The molecule has 3 rings (SSSR count). The standard InChI is InChI=1S/C14H18O2/c15-13-9-10-6-7-12(8-10)14(13,16)11-4-2-1-3-5-11/h1-5,10,12-13,15-16H,6-9H2. The molecule has 2 bridgehead atoms. The normalized spacial score (nSPS) is 42.2. The second-order valence-electron chi connectivity index (χ2n) is 5.32. The molecule has 0 heterocycles. The van der Waals surface area contributed by atoms with Crippen LogP contribution in [0, 0.1) is 11.8 Å². The van der Waals surface area contributed by atoms with E-state index >= 15 is 0 Å². The summed E-state index contributed by atoms with van der Waals surface area (Å²) >= 11 is 0. The predicted octanol–water partition coefficient (Wildman–Crippen LogP) is 2.06. The zero-order chi connectivity index (χ0) is 11.2. The third-order valence-electron chi connectivity index (χ3n) is 4.46. The molecule has 1 aromatic rings. The summed E-state index contributed by atoms with van der Waals surface area (Å²) in [7, 11) is 0. The first-order chi connectivity index (χ1) is 7.71. The number of aliphatic hydroxyl groups is 2. The van der Waals surface area contributed by atoms with Gasteiger partial charge in [0.2, 0.25) is 0 Å². The molecule has 16 heavy (non-hydrogen) atoms. The van der Waals surface area contributed by atoms with Crippen LogP contribution in [0.15, 0.2) is 30.3 Å². The van der Waals surface area contributed by atoms with E-state index in [0.29, 0.717) is 5.92 Å². The Kier molecular flexibility index (Phi) is 2.30. The third-order valence-corrected chi connectivity index (χ3v) is 4.46. The smallest absolute Gasteiger partial charge is 0.118 e. The molecular formula is C14H18O2. The molecule has 0 spiro atoms. The first-order valence-corrected chi connectivity index (χ1v) is 6.17. The van der Waals surface area contributed by atoms with E-state index in [9.17, 15) is 10.2 Å². The van der Waals surface area contributed by atoms with Crippen LogP contribution in [0.3, 0.4) is 0 Å². The highest BCUT2D eigenvalue weighted by molar-refractivity contribution is 5.26. The molecule has 1 aromatic carbocycles. The molecule has 2 saturated carbocycles. The first-order valence-electron chi connectivity index (χ1n) is 6.17. The average Bonchev–Trinajstić information content (AvgIpc) is 2.73. The van der Waals surface area contributed by atoms with Crippen LogP contribution >= 0.6 is 0 Å². The Balaban J connectivity index is 2.02. The van der Waals surface area contributed by atoms with Gasteiger partial charge in [-0.15, -0.1) is 0 Å². The maximum Gasteiger partial charge on any atom is 0.118 e. The zero-order valence-corrected chi connectivity index (χ0v) is 9.34. The molecule has 2 fully saturated rings. The van der Waals surface area contributed by atoms with E-state index in [4.69, 9.17) is 0 Å². The van der Waals surface area contributed by atoms with Crippen molar-refractivity contribution in [2.75, 3.05) is 0 Å². The molecule has 2 N–H and O–H groups in total. The Morgan fingerprint density at radius 1 is 1.06 bits per heavy atom. The third kappa shape index (κ3) is 1.33. The lowest BCUT2D eigenvalue weighted by atomic mass is 9.70. The molecular weight excluding hydrogens is 200 g/mol. The van der Waals surface area contributed by atoms with Gasteiger partial charge in [0.15, 0.2) is 0 Å². The van der Waals surface area contributed by atoms with Gasteiger partial charge in [-0.2, -0.15) is 0 Å². The molecule has 0 aliphatic heterocycles. The van der Waals surface area contributed by atoms with E-state index in [2.05, 4.69) is 0 Å². The summed E-state index contributed by atoms with van der Waals surface area (Å²) in [5.41, 5.74) is -0.123. The number of aliphatic hydroxyl groups excluding tert-OH is 1. The molecule has 2 aliphatic rings. The van der Waals surface area contributed by atoms with Crippen molar-refractivity contribution in [3.63, 3.8) is 0 Å². The highest BCUT2D eigenvalue weighted by atomic mass is 16.3. The highest BCUT2D eigenvalue weighted by Crippen LogP contribution is 2.52. The molecule has 0 saturated heterocycles. The number of hydrogen-bond acceptors (Lipinski definition) is 2. The van der Waals surface area contributed by atoms with Crippen LogP contribution in [0.1, 0.15) is 31.2 Å². The van der Waals surface area contributed by atoms with Gasteiger partial charge in [0.25, 0.3) is 0 Å². The summed E-state index contributed by atoms with van der Waals surface area (Å²) in [6, 6.07) is 9.67. The van der Waals surface area contributed by atoms with Crippen LogP contribution < -0.4 is 0 Å². The first kappa shape index (κ1) is 10.3. The molecule has 0 amide bonds. The van der Waals surface area contributed by atoms with Gasteiger partial charge in [0.05, 0.1) is 6.10 Å². The Hall–Kier alpha value is -0.860. The average molecular weight is 218 g/mol. The lowest BCUT2D eigenvalue weighted by molar-refractivity contribution is -0.140. The fourth-order valence-electron chi connectivity index (χ4n) is 3.59. The fourth-order valence-corrected chi connectivity index (χ4v) is 3.59. The minimum absolute atomic E-state index is 0.239. The summed E-state index contributed by atoms with van der Waals surface area (Å²) in [6.45, 7) is 0. The van der Waals surface area contributed by atoms with E-state index in [1.54, 1.807) is 0 Å². The topological polar surface area (TPSA) is 40.5 Å². The molecule has 86 valence electrons. The lowest BCUT2D eigenvalue weighted by Gasteiger charge is -2.42. The van der Waals surface area contributed by atoms with Crippen LogP contribution in [-0.4, -0.2) is 16.3 Å². The summed E-state index contributed by atoms with van der Waals surface area (Å²) in [6.07, 6.45) is 3.44. The number of benzene rings is 1. The molecule has 2 heteroatoms. The molecule has 2 aliphatic carbocycles. The van der Waals surface area contributed by atoms with Crippen LogP contribution in [-0.2, 0) is 5.60 Å². The van der Waals surface area contributed by atoms with Gasteiger partial charge < -0.3 is 10.2 Å². The quantitative estimate of drug-likeness (QED) is 0.757. The van der Waals surface area contributed by atoms with Crippen LogP contribution in [0.5, 0.6) is 0 Å². The largest absolute Gasteiger partial charge is 0.390 e. The monoisotopic (exact) mass is 218 g/mol. The van der Waals surface area contributed by atoms with E-state index < -0.39 is 11.7 Å². The van der Waals surface area contributed by atoms with E-state index in [1.165, 1.54) is 0 Å². The zero-order valence-electron chi connectivity index (χ0n) is 9.34. The Morgan fingerprint density at radius 3 is 2.56 bits per heavy atom.